The summed E-state index contributed by atoms with van der Waals surface area (Å²) in [7, 11) is 0. The molecule has 4 fully saturated rings. The predicted octanol–water partition coefficient (Wildman–Crippen LogP) is 3.08. The number of piperazine rings is 1. The van der Waals surface area contributed by atoms with Crippen molar-refractivity contribution >= 4 is 11.7 Å². The highest BCUT2D eigenvalue weighted by molar-refractivity contribution is 5.77. The molecule has 0 radical (unpaired) electrons. The minimum Gasteiger partial charge on any atom is -0.350 e. The van der Waals surface area contributed by atoms with Crippen molar-refractivity contribution in [2.24, 2.45) is 0 Å². The highest BCUT2D eigenvalue weighted by atomic mass is 19.2. The second-order valence-corrected chi connectivity index (χ2v) is 8.99. The van der Waals surface area contributed by atoms with E-state index in [0.717, 1.165) is 49.7 Å². The van der Waals surface area contributed by atoms with E-state index < -0.39 is 11.6 Å². The summed E-state index contributed by atoms with van der Waals surface area (Å²) in [6, 6.07) is 10.2. The number of carbonyl (C=O) groups excluding carboxylic acids is 1. The molecule has 0 unspecified atom stereocenters. The fourth-order valence-electron chi connectivity index (χ4n) is 5.08. The van der Waals surface area contributed by atoms with Gasteiger partial charge < -0.3 is 15.1 Å². The van der Waals surface area contributed by atoms with Gasteiger partial charge >= 0.3 is 0 Å². The topological polar surface area (TPSA) is 72.3 Å². The lowest BCUT2D eigenvalue weighted by Crippen LogP contribution is -2.64. The van der Waals surface area contributed by atoms with E-state index in [4.69, 9.17) is 5.26 Å². The Morgan fingerprint density at radius 1 is 1.16 bits per heavy atom. The molecule has 3 aliphatic heterocycles. The quantitative estimate of drug-likeness (QED) is 0.752. The van der Waals surface area contributed by atoms with E-state index in [9.17, 15) is 13.6 Å². The van der Waals surface area contributed by atoms with E-state index >= 15 is 0 Å². The van der Waals surface area contributed by atoms with Gasteiger partial charge in [-0.25, -0.2) is 13.8 Å². The number of nitrogens with one attached hydrogen (secondary N) is 1. The molecule has 1 N–H and O–H groups in total. The highest BCUT2D eigenvalue weighted by Gasteiger charge is 2.45. The zero-order valence-corrected chi connectivity index (χ0v) is 17.7. The number of nitriles is 1. The second kappa shape index (κ2) is 8.14. The van der Waals surface area contributed by atoms with Gasteiger partial charge in [0.25, 0.3) is 0 Å². The van der Waals surface area contributed by atoms with E-state index in [1.807, 2.05) is 11.0 Å². The van der Waals surface area contributed by atoms with Crippen molar-refractivity contribution in [2.75, 3.05) is 24.5 Å². The van der Waals surface area contributed by atoms with Crippen LogP contribution in [0.3, 0.4) is 0 Å². The SMILES string of the molecule is N#Cc1ccc(N2C[C@H]3CC[C@@H]2CN3C(=O)CCNC2(c3ccc(F)c(F)c3)CC2)nc1. The van der Waals surface area contributed by atoms with Crippen LogP contribution in [0.15, 0.2) is 36.5 Å². The van der Waals surface area contributed by atoms with Gasteiger partial charge in [0.1, 0.15) is 11.9 Å². The lowest BCUT2D eigenvalue weighted by Gasteiger charge is -2.52. The molecule has 6 rings (SSSR count). The first-order valence-corrected chi connectivity index (χ1v) is 11.1. The van der Waals surface area contributed by atoms with Crippen LogP contribution in [0.25, 0.3) is 0 Å². The molecule has 1 amide bonds. The maximum Gasteiger partial charge on any atom is 0.224 e. The monoisotopic (exact) mass is 437 g/mol. The highest BCUT2D eigenvalue weighted by Crippen LogP contribution is 2.45. The van der Waals surface area contributed by atoms with Gasteiger partial charge in [-0.15, -0.1) is 0 Å². The third-order valence-corrected chi connectivity index (χ3v) is 7.05. The molecule has 166 valence electrons. The Hall–Kier alpha value is -3.05. The molecule has 1 aromatic heterocycles. The van der Waals surface area contributed by atoms with E-state index in [-0.39, 0.29) is 23.5 Å². The van der Waals surface area contributed by atoms with Gasteiger partial charge in [-0.2, -0.15) is 5.26 Å². The van der Waals surface area contributed by atoms with Gasteiger partial charge in [-0.05, 0) is 55.5 Å². The standard InChI is InChI=1S/C24H25F2N5O/c25-20-5-2-17(11-21(20)26)24(8-9-24)29-10-7-23(32)31-15-18-3-4-19(31)14-30(18)22-6-1-16(12-27)13-28-22/h1-2,5-6,11,13,18-19,29H,3-4,7-10,14-15H2/t18-,19-/m1/s1. The Morgan fingerprint density at radius 3 is 2.59 bits per heavy atom. The van der Waals surface area contributed by atoms with Crippen LogP contribution in [-0.2, 0) is 10.3 Å². The summed E-state index contributed by atoms with van der Waals surface area (Å²) in [6.45, 7) is 1.94. The van der Waals surface area contributed by atoms with Crippen molar-refractivity contribution in [3.63, 3.8) is 0 Å². The number of piperidine rings is 2. The van der Waals surface area contributed by atoms with Crippen LogP contribution in [0.1, 0.15) is 43.2 Å². The second-order valence-electron chi connectivity index (χ2n) is 8.99. The molecular weight excluding hydrogens is 412 g/mol. The van der Waals surface area contributed by atoms with Crippen LogP contribution in [0.4, 0.5) is 14.6 Å². The molecule has 2 bridgehead atoms. The lowest BCUT2D eigenvalue weighted by atomic mass is 9.90. The molecule has 32 heavy (non-hydrogen) atoms. The summed E-state index contributed by atoms with van der Waals surface area (Å²) in [5.41, 5.74) is 0.941. The van der Waals surface area contributed by atoms with E-state index in [1.165, 1.54) is 6.07 Å². The molecule has 2 aromatic rings. The molecule has 4 heterocycles. The Kier molecular flexibility index (Phi) is 5.30. The number of nitrogens with zero attached hydrogens (tertiary/aromatic N) is 4. The average Bonchev–Trinajstić information content (AvgIpc) is 3.62. The number of hydrogen-bond acceptors (Lipinski definition) is 5. The molecule has 1 aliphatic carbocycles. The first-order valence-electron chi connectivity index (χ1n) is 11.1. The van der Waals surface area contributed by atoms with E-state index in [1.54, 1.807) is 18.3 Å². The summed E-state index contributed by atoms with van der Waals surface area (Å²) < 4.78 is 26.9. The number of amides is 1. The molecule has 8 heteroatoms. The van der Waals surface area contributed by atoms with E-state index in [0.29, 0.717) is 25.1 Å². The maximum absolute atomic E-state index is 13.6. The van der Waals surface area contributed by atoms with Crippen LogP contribution >= 0.6 is 0 Å². The van der Waals surface area contributed by atoms with E-state index in [2.05, 4.69) is 21.3 Å². The molecule has 2 atom stereocenters. The zero-order valence-electron chi connectivity index (χ0n) is 17.7. The predicted molar refractivity (Wildman–Crippen MR) is 115 cm³/mol. The summed E-state index contributed by atoms with van der Waals surface area (Å²) >= 11 is 0. The number of carbonyl (C=O) groups is 1. The molecule has 1 aromatic carbocycles. The number of halogens is 2. The Morgan fingerprint density at radius 2 is 1.97 bits per heavy atom. The van der Waals surface area contributed by atoms with Crippen LogP contribution < -0.4 is 10.2 Å². The smallest absolute Gasteiger partial charge is 0.224 e. The minimum absolute atomic E-state index is 0.126. The minimum atomic E-state index is -0.842. The summed E-state index contributed by atoms with van der Waals surface area (Å²) in [5, 5.41) is 12.4. The molecule has 6 nitrogen and oxygen atoms in total. The normalized spacial score (nSPS) is 23.2. The number of pyridine rings is 1. The van der Waals surface area contributed by atoms with Gasteiger partial charge in [0, 0.05) is 49.9 Å². The van der Waals surface area contributed by atoms with Crippen LogP contribution in [0.5, 0.6) is 0 Å². The van der Waals surface area contributed by atoms with Crippen molar-refractivity contribution in [1.82, 2.24) is 15.2 Å². The first kappa shape index (κ1) is 20.8. The number of anilines is 1. The molecule has 3 saturated heterocycles. The molecule has 4 aliphatic rings. The van der Waals surface area contributed by atoms with Crippen LogP contribution in [0, 0.1) is 23.0 Å². The van der Waals surface area contributed by atoms with Crippen LogP contribution in [-0.4, -0.2) is 47.5 Å². The third kappa shape index (κ3) is 3.82. The first-order chi connectivity index (χ1) is 15.5. The fourth-order valence-corrected chi connectivity index (χ4v) is 5.08. The largest absolute Gasteiger partial charge is 0.350 e. The van der Waals surface area contributed by atoms with Gasteiger partial charge in [-0.3, -0.25) is 4.79 Å². The Bertz CT molecular complexity index is 1060. The summed E-state index contributed by atoms with van der Waals surface area (Å²) in [4.78, 5) is 21.6. The number of benzene rings is 1. The molecular formula is C24H25F2N5O. The number of aromatic nitrogens is 1. The third-order valence-electron chi connectivity index (χ3n) is 7.05. The fraction of sp³-hybridized carbons (Fsp3) is 0.458. The molecule has 0 spiro atoms. The summed E-state index contributed by atoms with van der Waals surface area (Å²) in [5.74, 6) is -0.696. The van der Waals surface area contributed by atoms with Gasteiger partial charge in [0.05, 0.1) is 5.56 Å². The lowest BCUT2D eigenvalue weighted by molar-refractivity contribution is -0.136. The van der Waals surface area contributed by atoms with Crippen molar-refractivity contribution in [2.45, 2.75) is 49.7 Å². The van der Waals surface area contributed by atoms with Gasteiger partial charge in [0.2, 0.25) is 5.91 Å². The van der Waals surface area contributed by atoms with Crippen molar-refractivity contribution in [3.05, 3.63) is 59.3 Å². The number of fused-ring (bicyclic) bond motifs is 3. The average molecular weight is 437 g/mol. The molecule has 1 saturated carbocycles. The van der Waals surface area contributed by atoms with Crippen molar-refractivity contribution < 1.29 is 13.6 Å². The van der Waals surface area contributed by atoms with Gasteiger partial charge in [-0.1, -0.05) is 6.07 Å². The maximum atomic E-state index is 13.6. The van der Waals surface area contributed by atoms with Gasteiger partial charge in [0.15, 0.2) is 11.6 Å². The van der Waals surface area contributed by atoms with Crippen LogP contribution in [0.2, 0.25) is 0 Å². The number of hydrogen-bond donors (Lipinski definition) is 1. The Balaban J connectivity index is 1.17. The summed E-state index contributed by atoms with van der Waals surface area (Å²) in [6.07, 6.45) is 5.68. The van der Waals surface area contributed by atoms with Crippen molar-refractivity contribution in [1.29, 1.82) is 5.26 Å². The van der Waals surface area contributed by atoms with Crippen molar-refractivity contribution in [3.8, 4) is 6.07 Å². The zero-order chi connectivity index (χ0) is 22.3. The number of rotatable bonds is 6. The Labute approximate surface area is 185 Å².